The van der Waals surface area contributed by atoms with Gasteiger partial charge in [-0.2, -0.15) is 0 Å². The highest BCUT2D eigenvalue weighted by Gasteiger charge is 2.19. The molecule has 0 unspecified atom stereocenters. The largest absolute Gasteiger partial charge is 0.497 e. The van der Waals surface area contributed by atoms with E-state index in [0.717, 1.165) is 66.5 Å². The number of rotatable bonds is 16. The van der Waals surface area contributed by atoms with E-state index in [4.69, 9.17) is 23.9 Å². The number of methoxy groups -OCH3 is 4. The van der Waals surface area contributed by atoms with E-state index in [0.29, 0.717) is 30.3 Å². The van der Waals surface area contributed by atoms with Gasteiger partial charge in [0.1, 0.15) is 22.2 Å². The van der Waals surface area contributed by atoms with Crippen LogP contribution in [0.5, 0.6) is 23.0 Å². The van der Waals surface area contributed by atoms with Crippen LogP contribution < -0.4 is 18.9 Å². The number of thiazole rings is 1. The zero-order chi connectivity index (χ0) is 28.2. The van der Waals surface area contributed by atoms with Crippen LogP contribution in [-0.2, 0) is 19.5 Å². The van der Waals surface area contributed by atoms with Crippen LogP contribution in [0.2, 0.25) is 0 Å². The normalized spacial score (nSPS) is 10.9. The fraction of sp³-hybridized carbons (Fsp3) is 0.467. The highest BCUT2D eigenvalue weighted by Crippen LogP contribution is 2.29. The molecule has 8 nitrogen and oxygen atoms in total. The van der Waals surface area contributed by atoms with Crippen LogP contribution in [0.25, 0.3) is 0 Å². The molecule has 0 saturated carbocycles. The summed E-state index contributed by atoms with van der Waals surface area (Å²) in [7, 11) is 6.60. The van der Waals surface area contributed by atoms with Gasteiger partial charge in [-0.25, -0.2) is 4.98 Å². The second-order valence-corrected chi connectivity index (χ2v) is 10.2. The Kier molecular flexibility index (Phi) is 11.9. The SMILES string of the molecule is CCCN(CCC)C(=O)c1csc(CN(CCc2ccc(OC)c(OC)c2)Cc2ccc(OC)cc2OC)n1. The van der Waals surface area contributed by atoms with E-state index in [1.165, 1.54) is 11.3 Å². The zero-order valence-corrected chi connectivity index (χ0v) is 24.8. The van der Waals surface area contributed by atoms with E-state index < -0.39 is 0 Å². The smallest absolute Gasteiger partial charge is 0.273 e. The van der Waals surface area contributed by atoms with Crippen LogP contribution in [-0.4, -0.2) is 68.8 Å². The molecule has 0 N–H and O–H groups in total. The highest BCUT2D eigenvalue weighted by molar-refractivity contribution is 7.09. The number of hydrogen-bond donors (Lipinski definition) is 0. The fourth-order valence-corrected chi connectivity index (χ4v) is 5.26. The summed E-state index contributed by atoms with van der Waals surface area (Å²) in [5, 5.41) is 2.79. The van der Waals surface area contributed by atoms with Gasteiger partial charge in [0.05, 0.1) is 35.0 Å². The average Bonchev–Trinajstić information content (AvgIpc) is 3.43. The Morgan fingerprint density at radius 2 is 1.54 bits per heavy atom. The van der Waals surface area contributed by atoms with E-state index in [1.54, 1.807) is 28.4 Å². The summed E-state index contributed by atoms with van der Waals surface area (Å²) in [6.45, 7) is 7.70. The summed E-state index contributed by atoms with van der Waals surface area (Å²) >= 11 is 1.53. The van der Waals surface area contributed by atoms with E-state index in [9.17, 15) is 4.79 Å². The van der Waals surface area contributed by atoms with Gasteiger partial charge in [-0.3, -0.25) is 9.69 Å². The minimum absolute atomic E-state index is 0.00917. The lowest BCUT2D eigenvalue weighted by Crippen LogP contribution is -2.32. The summed E-state index contributed by atoms with van der Waals surface area (Å²) in [5.74, 6) is 2.95. The third-order valence-corrected chi connectivity index (χ3v) is 7.29. The van der Waals surface area contributed by atoms with Crippen molar-refractivity contribution in [1.29, 1.82) is 0 Å². The molecule has 39 heavy (non-hydrogen) atoms. The Balaban J connectivity index is 1.82. The van der Waals surface area contributed by atoms with Crippen molar-refractivity contribution < 1.29 is 23.7 Å². The zero-order valence-electron chi connectivity index (χ0n) is 24.0. The molecule has 1 amide bonds. The number of amides is 1. The van der Waals surface area contributed by atoms with Crippen molar-refractivity contribution in [2.45, 2.75) is 46.2 Å². The summed E-state index contributed by atoms with van der Waals surface area (Å²) in [5.41, 5.74) is 2.72. The first-order valence-electron chi connectivity index (χ1n) is 13.3. The number of aromatic nitrogens is 1. The number of carbonyl (C=O) groups is 1. The molecule has 0 atom stereocenters. The van der Waals surface area contributed by atoms with E-state index in [1.807, 2.05) is 40.6 Å². The van der Waals surface area contributed by atoms with Gasteiger partial charge in [-0.05, 0) is 43.0 Å². The van der Waals surface area contributed by atoms with Crippen molar-refractivity contribution in [2.24, 2.45) is 0 Å². The minimum Gasteiger partial charge on any atom is -0.497 e. The van der Waals surface area contributed by atoms with E-state index in [-0.39, 0.29) is 5.91 Å². The van der Waals surface area contributed by atoms with Gasteiger partial charge in [0, 0.05) is 43.2 Å². The lowest BCUT2D eigenvalue weighted by atomic mass is 10.1. The first-order chi connectivity index (χ1) is 19.0. The fourth-order valence-electron chi connectivity index (χ4n) is 4.45. The predicted octanol–water partition coefficient (Wildman–Crippen LogP) is 5.68. The Hall–Kier alpha value is -3.30. The van der Waals surface area contributed by atoms with Gasteiger partial charge < -0.3 is 23.8 Å². The number of ether oxygens (including phenoxy) is 4. The van der Waals surface area contributed by atoms with Gasteiger partial charge >= 0.3 is 0 Å². The maximum atomic E-state index is 13.1. The Labute approximate surface area is 236 Å². The maximum Gasteiger partial charge on any atom is 0.273 e. The Bertz CT molecular complexity index is 1190. The number of carbonyl (C=O) groups excluding carboxylic acids is 1. The number of benzene rings is 2. The summed E-state index contributed by atoms with van der Waals surface area (Å²) in [6, 6.07) is 11.9. The van der Waals surface area contributed by atoms with Crippen LogP contribution in [0, 0.1) is 0 Å². The Morgan fingerprint density at radius 3 is 2.18 bits per heavy atom. The van der Waals surface area contributed by atoms with Gasteiger partial charge in [-0.1, -0.05) is 26.0 Å². The first-order valence-corrected chi connectivity index (χ1v) is 14.2. The molecule has 1 heterocycles. The third-order valence-electron chi connectivity index (χ3n) is 6.46. The lowest BCUT2D eigenvalue weighted by molar-refractivity contribution is 0.0750. The number of hydrogen-bond acceptors (Lipinski definition) is 8. The minimum atomic E-state index is 0.00917. The van der Waals surface area contributed by atoms with Crippen LogP contribution in [0.1, 0.15) is 53.3 Å². The van der Waals surface area contributed by atoms with Crippen molar-refractivity contribution >= 4 is 17.2 Å². The molecule has 3 aromatic rings. The molecule has 0 radical (unpaired) electrons. The van der Waals surface area contributed by atoms with Crippen LogP contribution >= 0.6 is 11.3 Å². The third kappa shape index (κ3) is 8.34. The molecule has 0 spiro atoms. The molecule has 0 aliphatic carbocycles. The summed E-state index contributed by atoms with van der Waals surface area (Å²) < 4.78 is 21.9. The van der Waals surface area contributed by atoms with E-state index in [2.05, 4.69) is 24.8 Å². The molecule has 0 saturated heterocycles. The molecule has 9 heteroatoms. The second-order valence-electron chi connectivity index (χ2n) is 9.25. The molecule has 0 aliphatic rings. The maximum absolute atomic E-state index is 13.1. The molecule has 0 aliphatic heterocycles. The Morgan fingerprint density at radius 1 is 0.821 bits per heavy atom. The topological polar surface area (TPSA) is 73.4 Å². The van der Waals surface area contributed by atoms with Crippen molar-refractivity contribution in [3.63, 3.8) is 0 Å². The molecule has 212 valence electrons. The van der Waals surface area contributed by atoms with Gasteiger partial charge in [0.25, 0.3) is 5.91 Å². The van der Waals surface area contributed by atoms with E-state index >= 15 is 0 Å². The van der Waals surface area contributed by atoms with Crippen molar-refractivity contribution in [3.8, 4) is 23.0 Å². The highest BCUT2D eigenvalue weighted by atomic mass is 32.1. The molecule has 0 fully saturated rings. The van der Waals surface area contributed by atoms with Crippen molar-refractivity contribution in [1.82, 2.24) is 14.8 Å². The lowest BCUT2D eigenvalue weighted by Gasteiger charge is -2.23. The number of nitrogens with zero attached hydrogens (tertiary/aromatic N) is 3. The van der Waals surface area contributed by atoms with Crippen LogP contribution in [0.3, 0.4) is 0 Å². The quantitative estimate of drug-likeness (QED) is 0.225. The monoisotopic (exact) mass is 555 g/mol. The van der Waals surface area contributed by atoms with Gasteiger partial charge in [0.15, 0.2) is 11.5 Å². The summed E-state index contributed by atoms with van der Waals surface area (Å²) in [6.07, 6.45) is 2.66. The van der Waals surface area contributed by atoms with Gasteiger partial charge in [-0.15, -0.1) is 11.3 Å². The van der Waals surface area contributed by atoms with Crippen LogP contribution in [0.15, 0.2) is 41.8 Å². The first kappa shape index (κ1) is 30.2. The standard InChI is InChI=1S/C30H41N3O5S/c1-7-14-33(15-8-2)30(34)25-21-39-29(31-25)20-32(19-23-10-11-24(35-3)18-27(23)37-5)16-13-22-9-12-26(36-4)28(17-22)38-6/h9-12,17-18,21H,7-8,13-16,19-20H2,1-6H3. The van der Waals surface area contributed by atoms with Crippen LogP contribution in [0.4, 0.5) is 0 Å². The molecular formula is C30H41N3O5S. The van der Waals surface area contributed by atoms with Gasteiger partial charge in [0.2, 0.25) is 0 Å². The molecule has 3 rings (SSSR count). The van der Waals surface area contributed by atoms with Crippen molar-refractivity contribution in [2.75, 3.05) is 48.1 Å². The average molecular weight is 556 g/mol. The predicted molar refractivity (Wildman–Crippen MR) is 156 cm³/mol. The second kappa shape index (κ2) is 15.3. The molecule has 2 aromatic carbocycles. The molecule has 1 aromatic heterocycles. The van der Waals surface area contributed by atoms with Crippen molar-refractivity contribution in [3.05, 3.63) is 63.6 Å². The molecule has 0 bridgehead atoms. The summed E-state index contributed by atoms with van der Waals surface area (Å²) in [4.78, 5) is 22.1. The molecular weight excluding hydrogens is 514 g/mol.